The van der Waals surface area contributed by atoms with Gasteiger partial charge in [0.2, 0.25) is 0 Å². The van der Waals surface area contributed by atoms with Gasteiger partial charge in [0, 0.05) is 18.6 Å². The van der Waals surface area contributed by atoms with Crippen LogP contribution in [0.1, 0.15) is 16.8 Å². The standard InChI is InChI=1S/C14H14N4O4/c19-12(16-14(13(20)21)5-8-22-9-14)10-1-3-11(4-2-10)18-7-6-15-17-18/h1-4,6-7H,5,8-9H2,(H,16,19)(H,20,21). The molecule has 1 saturated heterocycles. The van der Waals surface area contributed by atoms with Gasteiger partial charge in [-0.25, -0.2) is 9.48 Å². The third kappa shape index (κ3) is 2.56. The number of aromatic nitrogens is 3. The summed E-state index contributed by atoms with van der Waals surface area (Å²) in [4.78, 5) is 23.6. The monoisotopic (exact) mass is 302 g/mol. The fraction of sp³-hybridized carbons (Fsp3) is 0.286. The Morgan fingerprint density at radius 3 is 2.64 bits per heavy atom. The Morgan fingerprint density at radius 2 is 2.09 bits per heavy atom. The van der Waals surface area contributed by atoms with E-state index >= 15 is 0 Å². The fourth-order valence-electron chi connectivity index (χ4n) is 2.29. The normalized spacial score (nSPS) is 20.7. The number of amides is 1. The topological polar surface area (TPSA) is 106 Å². The number of carboxylic acid groups (broad SMARTS) is 1. The van der Waals surface area contributed by atoms with E-state index < -0.39 is 17.4 Å². The zero-order chi connectivity index (χ0) is 15.6. The van der Waals surface area contributed by atoms with Crippen LogP contribution in [0.4, 0.5) is 0 Å². The maximum atomic E-state index is 12.2. The first-order valence-electron chi connectivity index (χ1n) is 6.71. The zero-order valence-electron chi connectivity index (χ0n) is 11.6. The van der Waals surface area contributed by atoms with Crippen LogP contribution < -0.4 is 5.32 Å². The van der Waals surface area contributed by atoms with E-state index in [0.717, 1.165) is 5.69 Å². The average molecular weight is 302 g/mol. The molecule has 1 unspecified atom stereocenters. The summed E-state index contributed by atoms with van der Waals surface area (Å²) < 4.78 is 6.67. The number of carboxylic acids is 1. The molecule has 0 radical (unpaired) electrons. The smallest absolute Gasteiger partial charge is 0.331 e. The lowest BCUT2D eigenvalue weighted by Crippen LogP contribution is -2.55. The van der Waals surface area contributed by atoms with Crippen LogP contribution in [0, 0.1) is 0 Å². The third-order valence-corrected chi connectivity index (χ3v) is 3.60. The lowest BCUT2D eigenvalue weighted by atomic mass is 9.98. The summed E-state index contributed by atoms with van der Waals surface area (Å²) in [5, 5.41) is 19.4. The molecule has 8 heteroatoms. The molecule has 2 heterocycles. The Kier molecular flexibility index (Phi) is 3.60. The van der Waals surface area contributed by atoms with E-state index in [0.29, 0.717) is 12.2 Å². The highest BCUT2D eigenvalue weighted by atomic mass is 16.5. The summed E-state index contributed by atoms with van der Waals surface area (Å²) >= 11 is 0. The maximum Gasteiger partial charge on any atom is 0.331 e. The van der Waals surface area contributed by atoms with Crippen molar-refractivity contribution in [2.45, 2.75) is 12.0 Å². The molecule has 1 amide bonds. The van der Waals surface area contributed by atoms with Crippen LogP contribution in [0.2, 0.25) is 0 Å². The van der Waals surface area contributed by atoms with Gasteiger partial charge in [-0.15, -0.1) is 5.10 Å². The molecule has 2 aromatic rings. The van der Waals surface area contributed by atoms with E-state index in [4.69, 9.17) is 4.74 Å². The lowest BCUT2D eigenvalue weighted by molar-refractivity contribution is -0.144. The minimum absolute atomic E-state index is 0.0227. The van der Waals surface area contributed by atoms with Crippen molar-refractivity contribution in [2.24, 2.45) is 0 Å². The summed E-state index contributed by atoms with van der Waals surface area (Å²) in [6.07, 6.45) is 3.49. The number of rotatable bonds is 4. The average Bonchev–Trinajstić information content (AvgIpc) is 3.19. The van der Waals surface area contributed by atoms with Crippen LogP contribution >= 0.6 is 0 Å². The Morgan fingerprint density at radius 1 is 1.32 bits per heavy atom. The van der Waals surface area contributed by atoms with Crippen molar-refractivity contribution < 1.29 is 19.4 Å². The first kappa shape index (κ1) is 14.2. The number of hydrogen-bond acceptors (Lipinski definition) is 5. The second-order valence-electron chi connectivity index (χ2n) is 5.04. The number of ether oxygens (including phenoxy) is 1. The molecule has 1 aromatic heterocycles. The van der Waals surface area contributed by atoms with E-state index in [1.807, 2.05) is 0 Å². The minimum atomic E-state index is -1.35. The number of nitrogens with zero attached hydrogens (tertiary/aromatic N) is 3. The van der Waals surface area contributed by atoms with Gasteiger partial charge >= 0.3 is 5.97 Å². The highest BCUT2D eigenvalue weighted by Gasteiger charge is 2.44. The Bertz CT molecular complexity index is 675. The predicted octanol–water partition coefficient (Wildman–Crippen LogP) is 0.241. The van der Waals surface area contributed by atoms with Crippen LogP contribution in [0.5, 0.6) is 0 Å². The maximum absolute atomic E-state index is 12.2. The van der Waals surface area contributed by atoms with Crippen molar-refractivity contribution in [3.8, 4) is 5.69 Å². The first-order chi connectivity index (χ1) is 10.6. The van der Waals surface area contributed by atoms with Crippen LogP contribution in [0.15, 0.2) is 36.7 Å². The Balaban J connectivity index is 1.76. The van der Waals surface area contributed by atoms with Crippen molar-refractivity contribution in [1.82, 2.24) is 20.3 Å². The van der Waals surface area contributed by atoms with E-state index in [9.17, 15) is 14.7 Å². The van der Waals surface area contributed by atoms with Gasteiger partial charge in [0.1, 0.15) is 0 Å². The van der Waals surface area contributed by atoms with Gasteiger partial charge in [0.15, 0.2) is 5.54 Å². The second-order valence-corrected chi connectivity index (χ2v) is 5.04. The third-order valence-electron chi connectivity index (χ3n) is 3.60. The highest BCUT2D eigenvalue weighted by molar-refractivity contribution is 5.98. The van der Waals surface area contributed by atoms with Crippen LogP contribution in [0.3, 0.4) is 0 Å². The lowest BCUT2D eigenvalue weighted by Gasteiger charge is -2.23. The van der Waals surface area contributed by atoms with Gasteiger partial charge in [0.25, 0.3) is 5.91 Å². The van der Waals surface area contributed by atoms with Crippen molar-refractivity contribution >= 4 is 11.9 Å². The summed E-state index contributed by atoms with van der Waals surface area (Å²) in [6, 6.07) is 6.64. The number of nitrogens with one attached hydrogen (secondary N) is 1. The molecule has 114 valence electrons. The molecule has 22 heavy (non-hydrogen) atoms. The van der Waals surface area contributed by atoms with Crippen LogP contribution in [0.25, 0.3) is 5.69 Å². The molecule has 1 aliphatic heterocycles. The fourth-order valence-corrected chi connectivity index (χ4v) is 2.29. The summed E-state index contributed by atoms with van der Waals surface area (Å²) in [6.45, 7) is 0.295. The van der Waals surface area contributed by atoms with Gasteiger partial charge in [-0.1, -0.05) is 5.21 Å². The van der Waals surface area contributed by atoms with Gasteiger partial charge in [-0.3, -0.25) is 4.79 Å². The van der Waals surface area contributed by atoms with E-state index in [1.54, 1.807) is 41.3 Å². The van der Waals surface area contributed by atoms with Gasteiger partial charge < -0.3 is 15.2 Å². The van der Waals surface area contributed by atoms with E-state index in [-0.39, 0.29) is 13.0 Å². The number of carbonyl (C=O) groups is 2. The first-order valence-corrected chi connectivity index (χ1v) is 6.71. The van der Waals surface area contributed by atoms with E-state index in [2.05, 4.69) is 15.6 Å². The molecule has 2 N–H and O–H groups in total. The molecular weight excluding hydrogens is 288 g/mol. The second kappa shape index (κ2) is 5.57. The number of aliphatic carboxylic acids is 1. The van der Waals surface area contributed by atoms with Crippen molar-refractivity contribution in [1.29, 1.82) is 0 Å². The van der Waals surface area contributed by atoms with Crippen molar-refractivity contribution in [3.63, 3.8) is 0 Å². The molecule has 1 atom stereocenters. The van der Waals surface area contributed by atoms with Gasteiger partial charge in [0.05, 0.1) is 24.7 Å². The number of benzene rings is 1. The summed E-state index contributed by atoms with van der Waals surface area (Å²) in [5.41, 5.74) is -0.218. The number of carbonyl (C=O) groups excluding carboxylic acids is 1. The quantitative estimate of drug-likeness (QED) is 0.838. The molecule has 1 fully saturated rings. The molecule has 0 spiro atoms. The minimum Gasteiger partial charge on any atom is -0.479 e. The molecule has 0 bridgehead atoms. The van der Waals surface area contributed by atoms with E-state index in [1.165, 1.54) is 0 Å². The molecule has 0 saturated carbocycles. The molecule has 8 nitrogen and oxygen atoms in total. The number of hydrogen-bond donors (Lipinski definition) is 2. The van der Waals surface area contributed by atoms with Gasteiger partial charge in [-0.2, -0.15) is 0 Å². The molecule has 0 aliphatic carbocycles. The molecular formula is C14H14N4O4. The Labute approximate surface area is 125 Å². The van der Waals surface area contributed by atoms with Crippen LogP contribution in [-0.4, -0.2) is 50.7 Å². The molecule has 1 aliphatic rings. The highest BCUT2D eigenvalue weighted by Crippen LogP contribution is 2.20. The van der Waals surface area contributed by atoms with Crippen LogP contribution in [-0.2, 0) is 9.53 Å². The SMILES string of the molecule is O=C(NC1(C(=O)O)CCOC1)c1ccc(-n2ccnn2)cc1. The zero-order valence-corrected chi connectivity index (χ0v) is 11.6. The predicted molar refractivity (Wildman–Crippen MR) is 74.6 cm³/mol. The molecule has 3 rings (SSSR count). The van der Waals surface area contributed by atoms with Gasteiger partial charge in [-0.05, 0) is 24.3 Å². The summed E-state index contributed by atoms with van der Waals surface area (Å²) in [7, 11) is 0. The van der Waals surface area contributed by atoms with Crippen molar-refractivity contribution in [2.75, 3.05) is 13.2 Å². The van der Waals surface area contributed by atoms with Crippen molar-refractivity contribution in [3.05, 3.63) is 42.2 Å². The Hall–Kier alpha value is -2.74. The summed E-state index contributed by atoms with van der Waals surface area (Å²) in [5.74, 6) is -1.53. The largest absolute Gasteiger partial charge is 0.479 e. The molecule has 1 aromatic carbocycles.